The summed E-state index contributed by atoms with van der Waals surface area (Å²) in [5.74, 6) is 6.86. The first kappa shape index (κ1) is 13.0. The lowest BCUT2D eigenvalue weighted by Gasteiger charge is -2.06. The SMILES string of the molecule is Cc1ccnc(-c2nc(NN)c3c(C)c(C)sc3n2)c1. The Morgan fingerprint density at radius 3 is 2.70 bits per heavy atom. The molecule has 0 aliphatic carbocycles. The third-order valence-corrected chi connectivity index (χ3v) is 4.41. The van der Waals surface area contributed by atoms with Gasteiger partial charge in [0, 0.05) is 11.1 Å². The highest BCUT2D eigenvalue weighted by Gasteiger charge is 2.15. The summed E-state index contributed by atoms with van der Waals surface area (Å²) in [7, 11) is 0. The monoisotopic (exact) mass is 285 g/mol. The lowest BCUT2D eigenvalue weighted by molar-refractivity contribution is 1.15. The summed E-state index contributed by atoms with van der Waals surface area (Å²) in [5.41, 5.74) is 5.73. The molecule has 3 aromatic rings. The number of nitrogen functional groups attached to an aromatic ring is 1. The molecule has 0 aliphatic heterocycles. The molecule has 3 heterocycles. The Morgan fingerprint density at radius 2 is 2.00 bits per heavy atom. The van der Waals surface area contributed by atoms with Gasteiger partial charge in [0.05, 0.1) is 5.39 Å². The first-order chi connectivity index (χ1) is 9.60. The van der Waals surface area contributed by atoms with Gasteiger partial charge in [0.2, 0.25) is 0 Å². The summed E-state index contributed by atoms with van der Waals surface area (Å²) in [6.45, 7) is 6.15. The van der Waals surface area contributed by atoms with Crippen molar-refractivity contribution in [3.63, 3.8) is 0 Å². The highest BCUT2D eigenvalue weighted by atomic mass is 32.1. The van der Waals surface area contributed by atoms with Crippen LogP contribution in [0.25, 0.3) is 21.7 Å². The molecule has 0 saturated heterocycles. The minimum absolute atomic E-state index is 0.593. The molecule has 6 heteroatoms. The first-order valence-electron chi connectivity index (χ1n) is 6.27. The number of aromatic nitrogens is 3. The molecule has 5 nitrogen and oxygen atoms in total. The lowest BCUT2D eigenvalue weighted by Crippen LogP contribution is -2.10. The number of aryl methyl sites for hydroxylation is 3. The first-order valence-corrected chi connectivity index (χ1v) is 7.09. The highest BCUT2D eigenvalue weighted by molar-refractivity contribution is 7.18. The normalized spacial score (nSPS) is 11.0. The average molecular weight is 285 g/mol. The quantitative estimate of drug-likeness (QED) is 0.559. The van der Waals surface area contributed by atoms with Crippen LogP contribution in [0.5, 0.6) is 0 Å². The minimum atomic E-state index is 0.593. The average Bonchev–Trinajstić information content (AvgIpc) is 2.73. The molecule has 0 atom stereocenters. The maximum atomic E-state index is 5.61. The molecular weight excluding hydrogens is 270 g/mol. The number of nitrogens with zero attached hydrogens (tertiary/aromatic N) is 3. The molecule has 0 bridgehead atoms. The van der Waals surface area contributed by atoms with Gasteiger partial charge >= 0.3 is 0 Å². The van der Waals surface area contributed by atoms with Gasteiger partial charge in [-0.1, -0.05) is 0 Å². The molecule has 0 fully saturated rings. The van der Waals surface area contributed by atoms with Crippen LogP contribution in [0.1, 0.15) is 16.0 Å². The van der Waals surface area contributed by atoms with Gasteiger partial charge in [0.25, 0.3) is 0 Å². The molecule has 0 aliphatic rings. The number of hydrogen-bond acceptors (Lipinski definition) is 6. The van der Waals surface area contributed by atoms with Crippen LogP contribution in [-0.2, 0) is 0 Å². The van der Waals surface area contributed by atoms with E-state index in [1.54, 1.807) is 17.5 Å². The number of rotatable bonds is 2. The van der Waals surface area contributed by atoms with Crippen LogP contribution in [0.2, 0.25) is 0 Å². The fraction of sp³-hybridized carbons (Fsp3) is 0.214. The largest absolute Gasteiger partial charge is 0.308 e. The van der Waals surface area contributed by atoms with Crippen molar-refractivity contribution in [2.45, 2.75) is 20.8 Å². The van der Waals surface area contributed by atoms with E-state index in [1.165, 1.54) is 10.4 Å². The number of hydrazine groups is 1. The Balaban J connectivity index is 2.28. The molecule has 3 rings (SSSR count). The van der Waals surface area contributed by atoms with E-state index in [9.17, 15) is 0 Å². The van der Waals surface area contributed by atoms with Crippen LogP contribution in [0.4, 0.5) is 5.82 Å². The summed E-state index contributed by atoms with van der Waals surface area (Å²) in [5, 5.41) is 0.992. The second kappa shape index (κ2) is 4.81. The third kappa shape index (κ3) is 2.03. The van der Waals surface area contributed by atoms with Gasteiger partial charge in [-0.15, -0.1) is 11.3 Å². The second-order valence-corrected chi connectivity index (χ2v) is 5.93. The molecule has 0 unspecified atom stereocenters. The van der Waals surface area contributed by atoms with Gasteiger partial charge in [0.15, 0.2) is 11.6 Å². The van der Waals surface area contributed by atoms with E-state index in [1.807, 2.05) is 19.1 Å². The van der Waals surface area contributed by atoms with Crippen molar-refractivity contribution < 1.29 is 0 Å². The smallest absolute Gasteiger partial charge is 0.181 e. The summed E-state index contributed by atoms with van der Waals surface area (Å²) < 4.78 is 0. The van der Waals surface area contributed by atoms with Crippen LogP contribution in [0, 0.1) is 20.8 Å². The standard InChI is InChI=1S/C14H15N5S/c1-7-4-5-16-10(6-7)12-17-13(19-15)11-8(2)9(3)20-14(11)18-12/h4-6H,15H2,1-3H3,(H,17,18,19). The Bertz CT molecular complexity index is 794. The molecular formula is C14H15N5S. The van der Waals surface area contributed by atoms with Gasteiger partial charge in [-0.25, -0.2) is 15.8 Å². The zero-order valence-corrected chi connectivity index (χ0v) is 12.4. The maximum absolute atomic E-state index is 5.61. The van der Waals surface area contributed by atoms with Crippen LogP contribution >= 0.6 is 11.3 Å². The van der Waals surface area contributed by atoms with Crippen molar-refractivity contribution in [2.24, 2.45) is 5.84 Å². The van der Waals surface area contributed by atoms with E-state index in [0.717, 1.165) is 21.5 Å². The van der Waals surface area contributed by atoms with E-state index >= 15 is 0 Å². The Hall–Kier alpha value is -2.05. The van der Waals surface area contributed by atoms with E-state index in [0.29, 0.717) is 11.6 Å². The second-order valence-electron chi connectivity index (χ2n) is 4.72. The fourth-order valence-corrected chi connectivity index (χ4v) is 3.16. The van der Waals surface area contributed by atoms with Gasteiger partial charge in [-0.05, 0) is 44.0 Å². The molecule has 0 saturated carbocycles. The van der Waals surface area contributed by atoms with Crippen molar-refractivity contribution in [2.75, 3.05) is 5.43 Å². The van der Waals surface area contributed by atoms with E-state index in [4.69, 9.17) is 5.84 Å². The fourth-order valence-electron chi connectivity index (χ4n) is 2.13. The summed E-state index contributed by atoms with van der Waals surface area (Å²) in [4.78, 5) is 15.6. The predicted molar refractivity (Wildman–Crippen MR) is 82.7 cm³/mol. The summed E-state index contributed by atoms with van der Waals surface area (Å²) in [6, 6.07) is 3.92. The molecule has 3 N–H and O–H groups in total. The van der Waals surface area contributed by atoms with Gasteiger partial charge in [-0.2, -0.15) is 0 Å². The van der Waals surface area contributed by atoms with Gasteiger partial charge in [0.1, 0.15) is 10.5 Å². The van der Waals surface area contributed by atoms with Crippen LogP contribution in [-0.4, -0.2) is 15.0 Å². The molecule has 3 aromatic heterocycles. The molecule has 0 radical (unpaired) electrons. The van der Waals surface area contributed by atoms with Gasteiger partial charge < -0.3 is 5.43 Å². The molecule has 0 amide bonds. The number of fused-ring (bicyclic) bond motifs is 1. The van der Waals surface area contributed by atoms with Crippen LogP contribution < -0.4 is 11.3 Å². The zero-order valence-electron chi connectivity index (χ0n) is 11.6. The van der Waals surface area contributed by atoms with Crippen LogP contribution in [0.3, 0.4) is 0 Å². The Morgan fingerprint density at radius 1 is 1.20 bits per heavy atom. The number of nitrogens with two attached hydrogens (primary N) is 1. The van der Waals surface area contributed by atoms with Crippen LogP contribution in [0.15, 0.2) is 18.3 Å². The molecule has 102 valence electrons. The predicted octanol–water partition coefficient (Wildman–Crippen LogP) is 2.96. The highest BCUT2D eigenvalue weighted by Crippen LogP contribution is 2.34. The number of nitrogens with one attached hydrogen (secondary N) is 1. The third-order valence-electron chi connectivity index (χ3n) is 3.31. The van der Waals surface area contributed by atoms with E-state index in [-0.39, 0.29) is 0 Å². The number of anilines is 1. The zero-order chi connectivity index (χ0) is 14.3. The minimum Gasteiger partial charge on any atom is -0.308 e. The topological polar surface area (TPSA) is 76.7 Å². The van der Waals surface area contributed by atoms with E-state index in [2.05, 4.69) is 34.2 Å². The summed E-state index contributed by atoms with van der Waals surface area (Å²) >= 11 is 1.65. The Kier molecular flexibility index (Phi) is 3.11. The molecule has 20 heavy (non-hydrogen) atoms. The van der Waals surface area contributed by atoms with Crippen molar-refractivity contribution in [1.82, 2.24) is 15.0 Å². The van der Waals surface area contributed by atoms with Crippen molar-refractivity contribution in [3.8, 4) is 11.5 Å². The molecule has 0 aromatic carbocycles. The number of hydrogen-bond donors (Lipinski definition) is 2. The number of pyridine rings is 1. The van der Waals surface area contributed by atoms with Crippen molar-refractivity contribution >= 4 is 27.4 Å². The lowest BCUT2D eigenvalue weighted by atomic mass is 10.2. The number of thiophene rings is 1. The van der Waals surface area contributed by atoms with Crippen molar-refractivity contribution in [1.29, 1.82) is 0 Å². The Labute approximate surface area is 120 Å². The molecule has 0 spiro atoms. The van der Waals surface area contributed by atoms with Gasteiger partial charge in [-0.3, -0.25) is 4.98 Å². The van der Waals surface area contributed by atoms with E-state index < -0.39 is 0 Å². The summed E-state index contributed by atoms with van der Waals surface area (Å²) in [6.07, 6.45) is 1.76. The van der Waals surface area contributed by atoms with Crippen molar-refractivity contribution in [3.05, 3.63) is 34.3 Å². The maximum Gasteiger partial charge on any atom is 0.181 e.